The molecule has 4 heteroatoms. The quantitative estimate of drug-likeness (QED) is 0.693. The summed E-state index contributed by atoms with van der Waals surface area (Å²) in [5.41, 5.74) is 0.574. The van der Waals surface area contributed by atoms with E-state index in [4.69, 9.17) is 0 Å². The van der Waals surface area contributed by atoms with E-state index in [2.05, 4.69) is 11.3 Å². The number of rotatable bonds is 4. The second-order valence-electron chi connectivity index (χ2n) is 3.33. The molecule has 80 valence electrons. The van der Waals surface area contributed by atoms with Crippen molar-refractivity contribution in [1.29, 1.82) is 0 Å². The number of hydrogen-bond acceptors (Lipinski definition) is 3. The zero-order valence-electron chi connectivity index (χ0n) is 9.16. The highest BCUT2D eigenvalue weighted by molar-refractivity contribution is 5.79. The zero-order valence-corrected chi connectivity index (χ0v) is 9.16. The van der Waals surface area contributed by atoms with E-state index in [0.29, 0.717) is 12.2 Å². The molecule has 0 aliphatic carbocycles. The van der Waals surface area contributed by atoms with Gasteiger partial charge in [-0.2, -0.15) is 0 Å². The lowest BCUT2D eigenvalue weighted by Gasteiger charge is -2.23. The van der Waals surface area contributed by atoms with Gasteiger partial charge in [0.15, 0.2) is 0 Å². The van der Waals surface area contributed by atoms with Crippen molar-refractivity contribution in [2.75, 3.05) is 13.7 Å². The second kappa shape index (κ2) is 5.42. The molecule has 0 saturated heterocycles. The number of Topliss-reactive ketones (excluding diaryl/α,β-unsaturated/α-hetero) is 1. The fraction of sp³-hybridized carbons (Fsp3) is 0.600. The van der Waals surface area contributed by atoms with Crippen LogP contribution in [0.2, 0.25) is 0 Å². The standard InChI is InChI=1S/C10H17NO3/c1-7(2)11(10(13)14-5)6-8(3)9(4)12/h8H,1,6H2,2-5H3. The van der Waals surface area contributed by atoms with Crippen molar-refractivity contribution < 1.29 is 14.3 Å². The summed E-state index contributed by atoms with van der Waals surface area (Å²) in [5.74, 6) is -0.161. The number of methoxy groups -OCH3 is 1. The van der Waals surface area contributed by atoms with Gasteiger partial charge in [-0.3, -0.25) is 9.69 Å². The molecule has 0 aliphatic heterocycles. The Balaban J connectivity index is 4.46. The molecule has 0 rings (SSSR count). The van der Waals surface area contributed by atoms with E-state index in [9.17, 15) is 9.59 Å². The molecule has 0 aromatic rings. The summed E-state index contributed by atoms with van der Waals surface area (Å²) in [7, 11) is 1.30. The van der Waals surface area contributed by atoms with Crippen LogP contribution in [-0.4, -0.2) is 30.4 Å². The Morgan fingerprint density at radius 2 is 1.93 bits per heavy atom. The Hall–Kier alpha value is -1.32. The fourth-order valence-corrected chi connectivity index (χ4v) is 0.899. The summed E-state index contributed by atoms with van der Waals surface area (Å²) in [6, 6.07) is 0. The van der Waals surface area contributed by atoms with Gasteiger partial charge in [0.2, 0.25) is 0 Å². The molecule has 0 radical (unpaired) electrons. The van der Waals surface area contributed by atoms with Gasteiger partial charge in [0.1, 0.15) is 5.78 Å². The first-order valence-electron chi connectivity index (χ1n) is 4.41. The van der Waals surface area contributed by atoms with Crippen LogP contribution in [-0.2, 0) is 9.53 Å². The van der Waals surface area contributed by atoms with Crippen LogP contribution < -0.4 is 0 Å². The number of allylic oxidation sites excluding steroid dienone is 1. The highest BCUT2D eigenvalue weighted by atomic mass is 16.5. The minimum atomic E-state index is -0.481. The number of nitrogens with zero attached hydrogens (tertiary/aromatic N) is 1. The number of carbonyl (C=O) groups excluding carboxylic acids is 2. The molecule has 0 saturated carbocycles. The van der Waals surface area contributed by atoms with Gasteiger partial charge in [-0.25, -0.2) is 4.79 Å². The molecule has 0 fully saturated rings. The highest BCUT2D eigenvalue weighted by Crippen LogP contribution is 2.08. The van der Waals surface area contributed by atoms with Crippen molar-refractivity contribution in [3.63, 3.8) is 0 Å². The summed E-state index contributed by atoms with van der Waals surface area (Å²) in [6.45, 7) is 8.93. The van der Waals surface area contributed by atoms with Gasteiger partial charge in [0.05, 0.1) is 7.11 Å². The van der Waals surface area contributed by atoms with Crippen LogP contribution in [0, 0.1) is 5.92 Å². The first-order chi connectivity index (χ1) is 6.40. The van der Waals surface area contributed by atoms with E-state index in [1.54, 1.807) is 13.8 Å². The van der Waals surface area contributed by atoms with Crippen LogP contribution in [0.4, 0.5) is 4.79 Å². The van der Waals surface area contributed by atoms with E-state index in [0.717, 1.165) is 0 Å². The monoisotopic (exact) mass is 199 g/mol. The maximum absolute atomic E-state index is 11.2. The van der Waals surface area contributed by atoms with Crippen molar-refractivity contribution in [3.05, 3.63) is 12.3 Å². The lowest BCUT2D eigenvalue weighted by Crippen LogP contribution is -2.34. The lowest BCUT2D eigenvalue weighted by atomic mass is 10.1. The number of ether oxygens (including phenoxy) is 1. The van der Waals surface area contributed by atoms with E-state index < -0.39 is 6.09 Å². The summed E-state index contributed by atoms with van der Waals surface area (Å²) in [4.78, 5) is 23.6. The molecule has 14 heavy (non-hydrogen) atoms. The van der Waals surface area contributed by atoms with Crippen LogP contribution in [0.5, 0.6) is 0 Å². The topological polar surface area (TPSA) is 46.6 Å². The fourth-order valence-electron chi connectivity index (χ4n) is 0.899. The average Bonchev–Trinajstić information content (AvgIpc) is 2.11. The molecule has 0 spiro atoms. The van der Waals surface area contributed by atoms with Gasteiger partial charge in [0.25, 0.3) is 0 Å². The number of amides is 1. The zero-order chi connectivity index (χ0) is 11.3. The third-order valence-corrected chi connectivity index (χ3v) is 2.01. The Morgan fingerprint density at radius 3 is 2.21 bits per heavy atom. The first kappa shape index (κ1) is 12.7. The maximum Gasteiger partial charge on any atom is 0.413 e. The van der Waals surface area contributed by atoms with Crippen molar-refractivity contribution in [2.24, 2.45) is 5.92 Å². The maximum atomic E-state index is 11.2. The van der Waals surface area contributed by atoms with E-state index in [1.807, 2.05) is 0 Å². The number of hydrogen-bond donors (Lipinski definition) is 0. The largest absolute Gasteiger partial charge is 0.452 e. The third kappa shape index (κ3) is 3.60. The molecule has 0 aromatic carbocycles. The van der Waals surface area contributed by atoms with Gasteiger partial charge >= 0.3 is 6.09 Å². The Bertz CT molecular complexity index is 248. The molecule has 1 amide bonds. The van der Waals surface area contributed by atoms with Crippen molar-refractivity contribution in [2.45, 2.75) is 20.8 Å². The molecule has 0 aliphatic rings. The van der Waals surface area contributed by atoms with Crippen LogP contribution in [0.1, 0.15) is 20.8 Å². The summed E-state index contributed by atoms with van der Waals surface area (Å²) in [6.07, 6.45) is -0.481. The summed E-state index contributed by atoms with van der Waals surface area (Å²) < 4.78 is 4.57. The van der Waals surface area contributed by atoms with Crippen LogP contribution in [0.3, 0.4) is 0 Å². The highest BCUT2D eigenvalue weighted by Gasteiger charge is 2.19. The summed E-state index contributed by atoms with van der Waals surface area (Å²) >= 11 is 0. The Morgan fingerprint density at radius 1 is 1.43 bits per heavy atom. The summed E-state index contributed by atoms with van der Waals surface area (Å²) in [5, 5.41) is 0. The predicted octanol–water partition coefficient (Wildman–Crippen LogP) is 1.81. The minimum Gasteiger partial charge on any atom is -0.452 e. The van der Waals surface area contributed by atoms with Crippen molar-refractivity contribution >= 4 is 11.9 Å². The van der Waals surface area contributed by atoms with Gasteiger partial charge in [-0.15, -0.1) is 0 Å². The van der Waals surface area contributed by atoms with Crippen LogP contribution in [0.25, 0.3) is 0 Å². The molecule has 0 aromatic heterocycles. The smallest absolute Gasteiger partial charge is 0.413 e. The Labute approximate surface area is 84.5 Å². The third-order valence-electron chi connectivity index (χ3n) is 2.01. The van der Waals surface area contributed by atoms with E-state index >= 15 is 0 Å². The molecule has 0 N–H and O–H groups in total. The molecule has 0 heterocycles. The molecule has 0 bridgehead atoms. The minimum absolute atomic E-state index is 0.0418. The molecular weight excluding hydrogens is 182 g/mol. The SMILES string of the molecule is C=C(C)N(CC(C)C(C)=O)C(=O)OC. The second-order valence-corrected chi connectivity index (χ2v) is 3.33. The van der Waals surface area contributed by atoms with E-state index in [-0.39, 0.29) is 11.7 Å². The first-order valence-corrected chi connectivity index (χ1v) is 4.41. The molecule has 4 nitrogen and oxygen atoms in total. The average molecular weight is 199 g/mol. The normalized spacial score (nSPS) is 11.7. The van der Waals surface area contributed by atoms with Crippen molar-refractivity contribution in [3.8, 4) is 0 Å². The molecular formula is C10H17NO3. The number of carbonyl (C=O) groups is 2. The van der Waals surface area contributed by atoms with Gasteiger partial charge < -0.3 is 4.74 Å². The van der Waals surface area contributed by atoms with E-state index in [1.165, 1.54) is 18.9 Å². The van der Waals surface area contributed by atoms with Gasteiger partial charge in [0, 0.05) is 18.2 Å². The number of ketones is 1. The lowest BCUT2D eigenvalue weighted by molar-refractivity contribution is -0.120. The molecule has 1 unspecified atom stereocenters. The molecule has 1 atom stereocenters. The van der Waals surface area contributed by atoms with Gasteiger partial charge in [-0.05, 0) is 13.8 Å². The Kier molecular flexibility index (Phi) is 4.91. The van der Waals surface area contributed by atoms with Crippen LogP contribution in [0.15, 0.2) is 12.3 Å². The van der Waals surface area contributed by atoms with Crippen LogP contribution >= 0.6 is 0 Å². The van der Waals surface area contributed by atoms with Crippen molar-refractivity contribution in [1.82, 2.24) is 4.90 Å². The predicted molar refractivity (Wildman–Crippen MR) is 53.8 cm³/mol. The van der Waals surface area contributed by atoms with Gasteiger partial charge in [-0.1, -0.05) is 13.5 Å².